The van der Waals surface area contributed by atoms with Crippen LogP contribution in [0.5, 0.6) is 5.75 Å². The molecule has 1 atom stereocenters. The predicted octanol–water partition coefficient (Wildman–Crippen LogP) is 3.66. The smallest absolute Gasteiger partial charge is 0.417 e. The van der Waals surface area contributed by atoms with Gasteiger partial charge >= 0.3 is 12.1 Å². The third-order valence-corrected chi connectivity index (χ3v) is 5.34. The van der Waals surface area contributed by atoms with Crippen LogP contribution < -0.4 is 10.1 Å². The number of ether oxygens (including phenoxy) is 3. The Balaban J connectivity index is 1.88. The van der Waals surface area contributed by atoms with E-state index in [1.54, 1.807) is 34.6 Å². The molecule has 34 heavy (non-hydrogen) atoms. The molecular weight excluding hydrogens is 436 g/mol. The first-order chi connectivity index (χ1) is 16.0. The normalized spacial score (nSPS) is 18.2. The second-order valence-corrected chi connectivity index (χ2v) is 9.88. The number of amides is 1. The fourth-order valence-corrected chi connectivity index (χ4v) is 3.93. The molecular formula is C25H36N4O5. The number of carbonyl (C=O) groups is 2. The van der Waals surface area contributed by atoms with Gasteiger partial charge in [-0.2, -0.15) is 0 Å². The van der Waals surface area contributed by atoms with Gasteiger partial charge < -0.3 is 24.4 Å². The summed E-state index contributed by atoms with van der Waals surface area (Å²) < 4.78 is 16.7. The zero-order valence-electron chi connectivity index (χ0n) is 21.2. The summed E-state index contributed by atoms with van der Waals surface area (Å²) in [5, 5.41) is 3.25. The molecule has 0 bridgehead atoms. The number of nitrogens with zero attached hydrogens (tertiary/aromatic N) is 3. The topological polar surface area (TPSA) is 92.7 Å². The van der Waals surface area contributed by atoms with Crippen molar-refractivity contribution in [3.63, 3.8) is 0 Å². The minimum absolute atomic E-state index is 0.00434. The van der Waals surface area contributed by atoms with Gasteiger partial charge in [-0.05, 0) is 78.9 Å². The lowest BCUT2D eigenvalue weighted by Gasteiger charge is -2.32. The van der Waals surface area contributed by atoms with E-state index in [1.165, 1.54) is 4.90 Å². The first-order valence-corrected chi connectivity index (χ1v) is 11.6. The predicted molar refractivity (Wildman–Crippen MR) is 131 cm³/mol. The van der Waals surface area contributed by atoms with Gasteiger partial charge in [-0.3, -0.25) is 0 Å². The Morgan fingerprint density at radius 2 is 2.03 bits per heavy atom. The van der Waals surface area contributed by atoms with Crippen molar-refractivity contribution < 1.29 is 23.8 Å². The average Bonchev–Trinajstić information content (AvgIpc) is 2.72. The quantitative estimate of drug-likeness (QED) is 0.654. The van der Waals surface area contributed by atoms with Crippen molar-refractivity contribution in [2.24, 2.45) is 10.9 Å². The highest BCUT2D eigenvalue weighted by atomic mass is 16.6. The van der Waals surface area contributed by atoms with Crippen molar-refractivity contribution in [3.05, 3.63) is 35.0 Å². The number of fused-ring (bicyclic) bond motifs is 1. The average molecular weight is 473 g/mol. The molecule has 1 unspecified atom stereocenters. The Kier molecular flexibility index (Phi) is 7.86. The van der Waals surface area contributed by atoms with Crippen LogP contribution in [0.3, 0.4) is 0 Å². The number of aliphatic imine (C=N–C) groups is 1. The molecule has 1 amide bonds. The van der Waals surface area contributed by atoms with E-state index < -0.39 is 17.7 Å². The molecule has 2 aliphatic rings. The second-order valence-electron chi connectivity index (χ2n) is 9.88. The molecule has 0 saturated heterocycles. The molecule has 9 nitrogen and oxygen atoms in total. The van der Waals surface area contributed by atoms with E-state index in [2.05, 4.69) is 29.3 Å². The van der Waals surface area contributed by atoms with Crippen molar-refractivity contribution in [3.8, 4) is 5.75 Å². The number of rotatable bonds is 5. The zero-order valence-corrected chi connectivity index (χ0v) is 21.2. The Hall–Kier alpha value is -3.07. The SMILES string of the molecule is CCOC(=O)C1=C(C)N=C(Nc2ccc3c(c2)CC(CN(C)C)CO3)N(C(=O)OC(C)(C)C)C1. The van der Waals surface area contributed by atoms with Crippen molar-refractivity contribution >= 4 is 23.7 Å². The number of hydrogen-bond donors (Lipinski definition) is 1. The maximum atomic E-state index is 13.0. The number of benzene rings is 1. The highest BCUT2D eigenvalue weighted by Crippen LogP contribution is 2.31. The number of guanidine groups is 1. The summed E-state index contributed by atoms with van der Waals surface area (Å²) in [5.74, 6) is 1.08. The number of carbonyl (C=O) groups excluding carboxylic acids is 2. The van der Waals surface area contributed by atoms with Crippen molar-refractivity contribution in [2.45, 2.75) is 46.6 Å². The number of nitrogens with one attached hydrogen (secondary N) is 1. The minimum Gasteiger partial charge on any atom is -0.493 e. The van der Waals surface area contributed by atoms with Gasteiger partial charge in [0.1, 0.15) is 11.4 Å². The van der Waals surface area contributed by atoms with E-state index in [9.17, 15) is 9.59 Å². The lowest BCUT2D eigenvalue weighted by atomic mass is 9.96. The van der Waals surface area contributed by atoms with E-state index in [0.717, 1.165) is 30.0 Å². The van der Waals surface area contributed by atoms with E-state index in [0.29, 0.717) is 29.8 Å². The summed E-state index contributed by atoms with van der Waals surface area (Å²) in [5.41, 5.74) is 1.99. The summed E-state index contributed by atoms with van der Waals surface area (Å²) in [6.07, 6.45) is 0.303. The van der Waals surface area contributed by atoms with Crippen molar-refractivity contribution in [1.82, 2.24) is 9.80 Å². The third-order valence-electron chi connectivity index (χ3n) is 5.34. The molecule has 1 N–H and O–H groups in total. The van der Waals surface area contributed by atoms with Crippen LogP contribution in [0.1, 0.15) is 40.2 Å². The molecule has 2 heterocycles. The number of anilines is 1. The van der Waals surface area contributed by atoms with Gasteiger partial charge in [-0.25, -0.2) is 19.5 Å². The minimum atomic E-state index is -0.701. The Bertz CT molecular complexity index is 994. The van der Waals surface area contributed by atoms with Crippen molar-refractivity contribution in [2.75, 3.05) is 45.7 Å². The van der Waals surface area contributed by atoms with Gasteiger partial charge in [-0.1, -0.05) is 0 Å². The van der Waals surface area contributed by atoms with E-state index >= 15 is 0 Å². The largest absolute Gasteiger partial charge is 0.493 e. The Morgan fingerprint density at radius 3 is 2.68 bits per heavy atom. The van der Waals surface area contributed by atoms with Crippen LogP contribution in [0.4, 0.5) is 10.5 Å². The second kappa shape index (κ2) is 10.5. The van der Waals surface area contributed by atoms with Gasteiger partial charge in [0.2, 0.25) is 5.96 Å². The molecule has 0 spiro atoms. The molecule has 186 valence electrons. The van der Waals surface area contributed by atoms with Gasteiger partial charge in [0.25, 0.3) is 0 Å². The molecule has 1 aromatic carbocycles. The first-order valence-electron chi connectivity index (χ1n) is 11.6. The Labute approximate surface area is 201 Å². The van der Waals surface area contributed by atoms with Crippen LogP contribution >= 0.6 is 0 Å². The molecule has 3 rings (SSSR count). The fraction of sp³-hybridized carbons (Fsp3) is 0.560. The van der Waals surface area contributed by atoms with Crippen LogP contribution in [-0.2, 0) is 20.7 Å². The first kappa shape index (κ1) is 25.6. The summed E-state index contributed by atoms with van der Waals surface area (Å²) in [6, 6.07) is 5.84. The number of esters is 1. The van der Waals surface area contributed by atoms with Gasteiger partial charge in [0.15, 0.2) is 0 Å². The monoisotopic (exact) mass is 472 g/mol. The number of allylic oxidation sites excluding steroid dienone is 1. The lowest BCUT2D eigenvalue weighted by Crippen LogP contribution is -2.47. The molecule has 0 aromatic heterocycles. The summed E-state index contributed by atoms with van der Waals surface area (Å²) in [7, 11) is 4.11. The van der Waals surface area contributed by atoms with E-state index in [1.807, 2.05) is 18.2 Å². The fourth-order valence-electron chi connectivity index (χ4n) is 3.93. The van der Waals surface area contributed by atoms with Crippen LogP contribution in [0, 0.1) is 5.92 Å². The van der Waals surface area contributed by atoms with Crippen LogP contribution in [0.15, 0.2) is 34.5 Å². The maximum absolute atomic E-state index is 13.0. The van der Waals surface area contributed by atoms with Crippen LogP contribution in [0.25, 0.3) is 0 Å². The van der Waals surface area contributed by atoms with Crippen molar-refractivity contribution in [1.29, 1.82) is 0 Å². The molecule has 1 aromatic rings. The maximum Gasteiger partial charge on any atom is 0.417 e. The molecule has 2 aliphatic heterocycles. The summed E-state index contributed by atoms with van der Waals surface area (Å²) in [6.45, 7) is 10.7. The lowest BCUT2D eigenvalue weighted by molar-refractivity contribution is -0.138. The van der Waals surface area contributed by atoms with Gasteiger partial charge in [-0.15, -0.1) is 0 Å². The zero-order chi connectivity index (χ0) is 25.0. The van der Waals surface area contributed by atoms with Gasteiger partial charge in [0.05, 0.1) is 31.0 Å². The molecule has 0 aliphatic carbocycles. The summed E-state index contributed by atoms with van der Waals surface area (Å²) >= 11 is 0. The molecule has 0 radical (unpaired) electrons. The van der Waals surface area contributed by atoms with E-state index in [-0.39, 0.29) is 13.2 Å². The summed E-state index contributed by atoms with van der Waals surface area (Å²) in [4.78, 5) is 33.5. The Morgan fingerprint density at radius 1 is 1.29 bits per heavy atom. The highest BCUT2D eigenvalue weighted by Gasteiger charge is 2.33. The van der Waals surface area contributed by atoms with Crippen LogP contribution in [0.2, 0.25) is 0 Å². The standard InChI is InChI=1S/C25H36N4O5/c1-8-32-22(30)20-14-29(24(31)34-25(3,4)5)23(26-16(20)2)27-19-9-10-21-18(12-19)11-17(15-33-21)13-28(6)7/h9-10,12,17H,8,11,13-15H2,1-7H3,(H,26,27). The highest BCUT2D eigenvalue weighted by molar-refractivity contribution is 6.06. The number of hydrogen-bond acceptors (Lipinski definition) is 8. The molecule has 0 fully saturated rings. The van der Waals surface area contributed by atoms with E-state index in [4.69, 9.17) is 14.2 Å². The molecule has 9 heteroatoms. The van der Waals surface area contributed by atoms with Crippen LogP contribution in [-0.4, -0.2) is 73.8 Å². The van der Waals surface area contributed by atoms with Gasteiger partial charge in [0, 0.05) is 18.2 Å². The molecule has 0 saturated carbocycles. The third kappa shape index (κ3) is 6.50.